The third kappa shape index (κ3) is 2.05. The molecule has 0 amide bonds. The molecule has 0 aliphatic carbocycles. The first-order valence-corrected chi connectivity index (χ1v) is 7.74. The number of imidazole rings is 1. The molecule has 1 aromatic rings. The predicted molar refractivity (Wildman–Crippen MR) is 84.7 cm³/mol. The summed E-state index contributed by atoms with van der Waals surface area (Å²) < 4.78 is 4.77. The lowest BCUT2D eigenvalue weighted by atomic mass is 9.30. The number of halogens is 1. The van der Waals surface area contributed by atoms with Gasteiger partial charge in [0, 0.05) is 0 Å². The van der Waals surface area contributed by atoms with E-state index >= 15 is 0 Å². The molecule has 1 atom stereocenters. The van der Waals surface area contributed by atoms with Gasteiger partial charge in [-0.25, -0.2) is 0 Å². The van der Waals surface area contributed by atoms with Gasteiger partial charge < -0.3 is 11.5 Å². The highest BCUT2D eigenvalue weighted by atomic mass is 35.5. The maximum Gasteiger partial charge on any atom is 0.214 e. The van der Waals surface area contributed by atoms with Crippen LogP contribution in [-0.2, 0) is 11.1 Å². The van der Waals surface area contributed by atoms with E-state index in [1.165, 1.54) is 5.72 Å². The average Bonchev–Trinajstić information content (AvgIpc) is 2.64. The van der Waals surface area contributed by atoms with Crippen molar-refractivity contribution in [3.05, 3.63) is 12.4 Å². The van der Waals surface area contributed by atoms with E-state index in [4.69, 9.17) is 11.5 Å². The van der Waals surface area contributed by atoms with Gasteiger partial charge in [-0.2, -0.15) is 0 Å². The Bertz CT molecular complexity index is 505. The first-order valence-electron chi connectivity index (χ1n) is 7.30. The van der Waals surface area contributed by atoms with E-state index in [0.717, 1.165) is 6.32 Å². The molecule has 0 fully saturated rings. The molecule has 2 heterocycles. The van der Waals surface area contributed by atoms with Crippen LogP contribution in [0.5, 0.6) is 0 Å². The van der Waals surface area contributed by atoms with Crippen molar-refractivity contribution in [1.29, 1.82) is 0 Å². The minimum Gasteiger partial charge on any atom is -0.373 e. The third-order valence-corrected chi connectivity index (χ3v) is 5.80. The molecule has 0 saturated carbocycles. The Labute approximate surface area is 123 Å². The fraction of sp³-hybridized carbons (Fsp3) is 0.800. The van der Waals surface area contributed by atoms with Crippen molar-refractivity contribution in [2.45, 2.75) is 78.1 Å². The monoisotopic (exact) mass is 282 g/mol. The van der Waals surface area contributed by atoms with Gasteiger partial charge in [0.05, 0.1) is 16.8 Å². The number of hydrogen-bond donors (Lipinski definition) is 0. The molecule has 2 nitrogen and oxygen atoms in total. The highest BCUT2D eigenvalue weighted by Gasteiger charge is 2.55. The van der Waals surface area contributed by atoms with Gasteiger partial charge in [0.25, 0.3) is 0 Å². The highest BCUT2D eigenvalue weighted by Crippen LogP contribution is 2.47. The molecule has 2 rings (SSSR count). The summed E-state index contributed by atoms with van der Waals surface area (Å²) in [5, 5.41) is 0.0818. The SMILES string of the molecule is CC(C)(C)n1cc[n+]2c1[B@@-](Cl)(C(C)(C)C)CC2(C)C. The summed E-state index contributed by atoms with van der Waals surface area (Å²) in [6.07, 6.45) is 5.43. The minimum absolute atomic E-state index is 0.0636. The van der Waals surface area contributed by atoms with Gasteiger partial charge in [0.1, 0.15) is 12.4 Å². The molecule has 0 radical (unpaired) electrons. The zero-order valence-electron chi connectivity index (χ0n) is 13.7. The van der Waals surface area contributed by atoms with E-state index in [-0.39, 0.29) is 16.4 Å². The van der Waals surface area contributed by atoms with Crippen LogP contribution < -0.4 is 10.3 Å². The lowest BCUT2D eigenvalue weighted by Gasteiger charge is -2.41. The van der Waals surface area contributed by atoms with Crippen LogP contribution >= 0.6 is 11.5 Å². The second kappa shape index (κ2) is 3.81. The van der Waals surface area contributed by atoms with Crippen molar-refractivity contribution >= 4 is 22.7 Å². The van der Waals surface area contributed by atoms with Crippen LogP contribution in [0.4, 0.5) is 0 Å². The molecule has 1 aliphatic rings. The average molecular weight is 283 g/mol. The van der Waals surface area contributed by atoms with Gasteiger partial charge in [0.15, 0.2) is 0 Å². The zero-order valence-corrected chi connectivity index (χ0v) is 14.5. The Morgan fingerprint density at radius 3 is 2.16 bits per heavy atom. The summed E-state index contributed by atoms with van der Waals surface area (Å²) in [6.45, 7) is 18.1. The normalized spacial score (nSPS) is 26.6. The Morgan fingerprint density at radius 2 is 1.74 bits per heavy atom. The summed E-state index contributed by atoms with van der Waals surface area (Å²) >= 11 is 7.24. The number of nitrogens with zero attached hydrogens (tertiary/aromatic N) is 2. The van der Waals surface area contributed by atoms with Crippen LogP contribution in [0.3, 0.4) is 0 Å². The van der Waals surface area contributed by atoms with E-state index in [0.29, 0.717) is 0 Å². The fourth-order valence-corrected chi connectivity index (χ4v) is 4.08. The quantitative estimate of drug-likeness (QED) is 0.509. The second-order valence-corrected chi connectivity index (χ2v) is 9.62. The molecule has 19 heavy (non-hydrogen) atoms. The second-order valence-electron chi connectivity index (χ2n) is 8.87. The minimum atomic E-state index is -1.10. The molecule has 1 aliphatic heterocycles. The van der Waals surface area contributed by atoms with Crippen molar-refractivity contribution in [2.75, 3.05) is 0 Å². The van der Waals surface area contributed by atoms with Crippen LogP contribution in [-0.4, -0.2) is 10.1 Å². The Balaban J connectivity index is 2.74. The van der Waals surface area contributed by atoms with E-state index in [1.54, 1.807) is 0 Å². The Kier molecular flexibility index (Phi) is 3.00. The molecular formula is C15H28BClN2. The number of fused-ring (bicyclic) bond motifs is 1. The lowest BCUT2D eigenvalue weighted by molar-refractivity contribution is -0.732. The van der Waals surface area contributed by atoms with Crippen molar-refractivity contribution in [2.24, 2.45) is 0 Å². The maximum atomic E-state index is 7.24. The van der Waals surface area contributed by atoms with Crippen molar-refractivity contribution in [3.8, 4) is 0 Å². The third-order valence-electron chi connectivity index (χ3n) is 4.80. The number of aromatic nitrogens is 2. The summed E-state index contributed by atoms with van der Waals surface area (Å²) in [6, 6.07) is 0. The van der Waals surface area contributed by atoms with Gasteiger partial charge in [-0.1, -0.05) is 20.8 Å². The maximum absolute atomic E-state index is 7.24. The van der Waals surface area contributed by atoms with Crippen LogP contribution in [0.1, 0.15) is 55.4 Å². The molecule has 0 bridgehead atoms. The Morgan fingerprint density at radius 1 is 1.21 bits per heavy atom. The predicted octanol–water partition coefficient (Wildman–Crippen LogP) is 3.47. The van der Waals surface area contributed by atoms with E-state index in [9.17, 15) is 0 Å². The van der Waals surface area contributed by atoms with Gasteiger partial charge in [0.2, 0.25) is 5.56 Å². The zero-order chi connectivity index (χ0) is 14.9. The van der Waals surface area contributed by atoms with Crippen LogP contribution in [0, 0.1) is 0 Å². The van der Waals surface area contributed by atoms with Gasteiger partial charge in [-0.3, -0.25) is 9.13 Å². The van der Waals surface area contributed by atoms with Gasteiger partial charge in [-0.15, -0.1) is 11.6 Å². The van der Waals surface area contributed by atoms with Crippen LogP contribution in [0.25, 0.3) is 0 Å². The number of rotatable bonds is 0. The van der Waals surface area contributed by atoms with Crippen molar-refractivity contribution in [1.82, 2.24) is 4.57 Å². The number of hydrogen-bond acceptors (Lipinski definition) is 0. The Hall–Kier alpha value is -0.435. The molecular weight excluding hydrogens is 254 g/mol. The lowest BCUT2D eigenvalue weighted by Crippen LogP contribution is -2.63. The van der Waals surface area contributed by atoms with Gasteiger partial charge in [-0.05, 0) is 34.6 Å². The van der Waals surface area contributed by atoms with Crippen LogP contribution in [0.15, 0.2) is 12.4 Å². The smallest absolute Gasteiger partial charge is 0.214 e. The summed E-state index contributed by atoms with van der Waals surface area (Å²) in [4.78, 5) is 0. The highest BCUT2D eigenvalue weighted by molar-refractivity contribution is 7.28. The molecule has 1 aromatic heterocycles. The van der Waals surface area contributed by atoms with Crippen LogP contribution in [0.2, 0.25) is 11.6 Å². The molecule has 0 spiro atoms. The molecule has 0 aromatic carbocycles. The fourth-order valence-electron chi connectivity index (χ4n) is 3.49. The first-order chi connectivity index (χ1) is 8.31. The molecule has 4 heteroatoms. The standard InChI is InChI=1S/C15H28BClN2/c1-13(2,3)16(17)11-15(7,8)19-10-9-18(12(16)19)14(4,5)6/h9-10H,11H2,1-8H3/t16-/m1/s1. The summed E-state index contributed by atoms with van der Waals surface area (Å²) in [5.41, 5.74) is 0.373. The van der Waals surface area contributed by atoms with Crippen molar-refractivity contribution in [3.63, 3.8) is 0 Å². The molecule has 0 unspecified atom stereocenters. The molecule has 108 valence electrons. The first kappa shape index (κ1) is 15.0. The van der Waals surface area contributed by atoms with Gasteiger partial charge >= 0.3 is 0 Å². The molecule has 0 saturated heterocycles. The van der Waals surface area contributed by atoms with Crippen molar-refractivity contribution < 1.29 is 4.57 Å². The summed E-state index contributed by atoms with van der Waals surface area (Å²) in [7, 11) is 0. The van der Waals surface area contributed by atoms with E-state index < -0.39 is 5.56 Å². The largest absolute Gasteiger partial charge is 0.373 e. The van der Waals surface area contributed by atoms with E-state index in [2.05, 4.69) is 76.9 Å². The topological polar surface area (TPSA) is 8.81 Å². The summed E-state index contributed by atoms with van der Waals surface area (Å²) in [5.74, 6) is 0. The molecule has 0 N–H and O–H groups in total. The van der Waals surface area contributed by atoms with E-state index in [1.807, 2.05) is 0 Å².